The number of nitro benzene ring substituents is 1. The molecular weight excluding hydrogens is 277 g/mol. The van der Waals surface area contributed by atoms with Gasteiger partial charge in [0.25, 0.3) is 11.6 Å². The third-order valence-corrected chi connectivity index (χ3v) is 3.04. The minimum absolute atomic E-state index is 0.0516. The largest absolute Gasteiger partial charge is 0.311 e. The molecule has 0 unspecified atom stereocenters. The van der Waals surface area contributed by atoms with Gasteiger partial charge in [-0.2, -0.15) is 0 Å². The molecule has 2 rings (SSSR count). The fourth-order valence-electron chi connectivity index (χ4n) is 1.88. The molecule has 0 bridgehead atoms. The smallest absolute Gasteiger partial charge is 0.270 e. The van der Waals surface area contributed by atoms with Crippen molar-refractivity contribution >= 4 is 17.3 Å². The Kier molecular flexibility index (Phi) is 3.93. The molecule has 6 nitrogen and oxygen atoms in total. The quantitative estimate of drug-likeness (QED) is 0.643. The normalized spacial score (nSPS) is 10.2. The number of benzene rings is 1. The van der Waals surface area contributed by atoms with Crippen LogP contribution in [0.2, 0.25) is 0 Å². The number of amides is 1. The summed E-state index contributed by atoms with van der Waals surface area (Å²) in [6, 6.07) is 5.21. The molecule has 1 aromatic heterocycles. The highest BCUT2D eigenvalue weighted by atomic mass is 19.1. The van der Waals surface area contributed by atoms with Crippen molar-refractivity contribution in [2.75, 3.05) is 11.9 Å². The first kappa shape index (κ1) is 14.6. The van der Waals surface area contributed by atoms with Crippen LogP contribution in [0.3, 0.4) is 0 Å². The zero-order chi connectivity index (χ0) is 15.6. The molecule has 21 heavy (non-hydrogen) atoms. The SMILES string of the molecule is Cc1cc([N+](=O)[O-])cc(C(=O)N(C)c2ccncc2)c1F. The van der Waals surface area contributed by atoms with E-state index in [4.69, 9.17) is 0 Å². The summed E-state index contributed by atoms with van der Waals surface area (Å²) in [6.07, 6.45) is 2.99. The summed E-state index contributed by atoms with van der Waals surface area (Å²) in [5.41, 5.74) is -0.0874. The molecule has 0 saturated heterocycles. The average molecular weight is 289 g/mol. The molecule has 0 aliphatic carbocycles. The van der Waals surface area contributed by atoms with Crippen molar-refractivity contribution in [3.05, 3.63) is 63.7 Å². The maximum Gasteiger partial charge on any atom is 0.270 e. The van der Waals surface area contributed by atoms with Gasteiger partial charge < -0.3 is 4.90 Å². The van der Waals surface area contributed by atoms with Crippen LogP contribution in [0.1, 0.15) is 15.9 Å². The average Bonchev–Trinajstić information content (AvgIpc) is 2.49. The summed E-state index contributed by atoms with van der Waals surface area (Å²) in [5, 5.41) is 10.8. The molecule has 108 valence electrons. The number of pyridine rings is 1. The summed E-state index contributed by atoms with van der Waals surface area (Å²) in [5.74, 6) is -1.42. The molecule has 2 aromatic rings. The number of nitrogens with zero attached hydrogens (tertiary/aromatic N) is 3. The lowest BCUT2D eigenvalue weighted by molar-refractivity contribution is -0.385. The van der Waals surface area contributed by atoms with Crippen molar-refractivity contribution in [1.29, 1.82) is 0 Å². The van der Waals surface area contributed by atoms with Crippen LogP contribution in [0, 0.1) is 22.9 Å². The number of non-ortho nitro benzene ring substituents is 1. The van der Waals surface area contributed by atoms with E-state index in [9.17, 15) is 19.3 Å². The van der Waals surface area contributed by atoms with Crippen LogP contribution in [0.25, 0.3) is 0 Å². The number of carbonyl (C=O) groups excluding carboxylic acids is 1. The van der Waals surface area contributed by atoms with Crippen molar-refractivity contribution in [2.24, 2.45) is 0 Å². The molecule has 0 spiro atoms. The highest BCUT2D eigenvalue weighted by Crippen LogP contribution is 2.23. The maximum absolute atomic E-state index is 14.1. The Morgan fingerprint density at radius 1 is 1.33 bits per heavy atom. The second-order valence-corrected chi connectivity index (χ2v) is 4.45. The number of rotatable bonds is 3. The predicted molar refractivity (Wildman–Crippen MR) is 74.8 cm³/mol. The van der Waals surface area contributed by atoms with Gasteiger partial charge in [-0.05, 0) is 24.6 Å². The van der Waals surface area contributed by atoms with E-state index in [1.807, 2.05) is 0 Å². The van der Waals surface area contributed by atoms with E-state index in [2.05, 4.69) is 4.98 Å². The van der Waals surface area contributed by atoms with E-state index in [0.29, 0.717) is 5.69 Å². The monoisotopic (exact) mass is 289 g/mol. The predicted octanol–water partition coefficient (Wildman–Crippen LogP) is 2.71. The fourth-order valence-corrected chi connectivity index (χ4v) is 1.88. The Morgan fingerprint density at radius 2 is 1.95 bits per heavy atom. The van der Waals surface area contributed by atoms with Crippen molar-refractivity contribution in [2.45, 2.75) is 6.92 Å². The number of anilines is 1. The molecular formula is C14H12FN3O3. The number of nitro groups is 1. The van der Waals surface area contributed by atoms with Crippen molar-refractivity contribution < 1.29 is 14.1 Å². The standard InChI is InChI=1S/C14H12FN3O3/c1-9-7-11(18(20)21)8-12(13(9)15)14(19)17(2)10-3-5-16-6-4-10/h3-8H,1-2H3. The van der Waals surface area contributed by atoms with Crippen LogP contribution >= 0.6 is 0 Å². The molecule has 7 heteroatoms. The lowest BCUT2D eigenvalue weighted by Gasteiger charge is -2.17. The summed E-state index contributed by atoms with van der Waals surface area (Å²) in [6.45, 7) is 1.38. The molecule has 1 heterocycles. The van der Waals surface area contributed by atoms with Gasteiger partial charge in [-0.3, -0.25) is 19.9 Å². The second-order valence-electron chi connectivity index (χ2n) is 4.45. The van der Waals surface area contributed by atoms with E-state index in [1.54, 1.807) is 12.1 Å². The first-order valence-electron chi connectivity index (χ1n) is 6.04. The van der Waals surface area contributed by atoms with Gasteiger partial charge in [-0.15, -0.1) is 0 Å². The van der Waals surface area contributed by atoms with E-state index in [-0.39, 0.29) is 16.8 Å². The molecule has 0 saturated carbocycles. The maximum atomic E-state index is 14.1. The first-order valence-corrected chi connectivity index (χ1v) is 6.04. The van der Waals surface area contributed by atoms with Crippen molar-refractivity contribution in [3.63, 3.8) is 0 Å². The molecule has 1 aromatic carbocycles. The molecule has 0 aliphatic rings. The highest BCUT2D eigenvalue weighted by Gasteiger charge is 2.22. The van der Waals surface area contributed by atoms with Gasteiger partial charge >= 0.3 is 0 Å². The number of carbonyl (C=O) groups is 1. The molecule has 1 amide bonds. The minimum atomic E-state index is -0.758. The zero-order valence-corrected chi connectivity index (χ0v) is 11.4. The van der Waals surface area contributed by atoms with E-state index >= 15 is 0 Å². The zero-order valence-electron chi connectivity index (χ0n) is 11.4. The van der Waals surface area contributed by atoms with Crippen LogP contribution in [0.4, 0.5) is 15.8 Å². The van der Waals surface area contributed by atoms with E-state index in [0.717, 1.165) is 12.1 Å². The number of aryl methyl sites for hydroxylation is 1. The summed E-state index contributed by atoms with van der Waals surface area (Å²) < 4.78 is 14.1. The minimum Gasteiger partial charge on any atom is -0.311 e. The fraction of sp³-hybridized carbons (Fsp3) is 0.143. The molecule has 0 radical (unpaired) electrons. The van der Waals surface area contributed by atoms with Crippen LogP contribution < -0.4 is 4.90 Å². The Bertz CT molecular complexity index is 704. The van der Waals surface area contributed by atoms with Gasteiger partial charge in [0, 0.05) is 37.3 Å². The topological polar surface area (TPSA) is 76.3 Å². The Hall–Kier alpha value is -2.83. The van der Waals surface area contributed by atoms with Gasteiger partial charge in [0.2, 0.25) is 0 Å². The van der Waals surface area contributed by atoms with E-state index < -0.39 is 16.6 Å². The van der Waals surface area contributed by atoms with Crippen molar-refractivity contribution in [1.82, 2.24) is 4.98 Å². The number of hydrogen-bond acceptors (Lipinski definition) is 4. The lowest BCUT2D eigenvalue weighted by Crippen LogP contribution is -2.27. The highest BCUT2D eigenvalue weighted by molar-refractivity contribution is 6.06. The third-order valence-electron chi connectivity index (χ3n) is 3.04. The summed E-state index contributed by atoms with van der Waals surface area (Å²) in [7, 11) is 1.46. The number of aromatic nitrogens is 1. The van der Waals surface area contributed by atoms with Crippen LogP contribution in [0.5, 0.6) is 0 Å². The lowest BCUT2D eigenvalue weighted by atomic mass is 10.1. The van der Waals surface area contributed by atoms with Gasteiger partial charge in [-0.1, -0.05) is 0 Å². The van der Waals surface area contributed by atoms with Gasteiger partial charge in [-0.25, -0.2) is 4.39 Å². The Balaban J connectivity index is 2.46. The Morgan fingerprint density at radius 3 is 2.52 bits per heavy atom. The molecule has 0 atom stereocenters. The van der Waals surface area contributed by atoms with E-state index in [1.165, 1.54) is 31.3 Å². The number of halogens is 1. The van der Waals surface area contributed by atoms with Gasteiger partial charge in [0.15, 0.2) is 0 Å². The van der Waals surface area contributed by atoms with Crippen LogP contribution in [-0.2, 0) is 0 Å². The molecule has 0 N–H and O–H groups in total. The second kappa shape index (κ2) is 5.66. The first-order chi connectivity index (χ1) is 9.91. The van der Waals surface area contributed by atoms with Gasteiger partial charge in [0.1, 0.15) is 5.82 Å². The number of hydrogen-bond donors (Lipinski definition) is 0. The third kappa shape index (κ3) is 2.86. The molecule has 0 fully saturated rings. The van der Waals surface area contributed by atoms with Crippen LogP contribution in [-0.4, -0.2) is 22.9 Å². The van der Waals surface area contributed by atoms with Crippen molar-refractivity contribution in [3.8, 4) is 0 Å². The Labute approximate surface area is 120 Å². The summed E-state index contributed by atoms with van der Waals surface area (Å²) in [4.78, 5) is 27.5. The van der Waals surface area contributed by atoms with Gasteiger partial charge in [0.05, 0.1) is 10.5 Å². The summed E-state index contributed by atoms with van der Waals surface area (Å²) >= 11 is 0. The molecule has 0 aliphatic heterocycles. The van der Waals surface area contributed by atoms with Crippen LogP contribution in [0.15, 0.2) is 36.7 Å².